The van der Waals surface area contributed by atoms with E-state index in [1.165, 1.54) is 0 Å². The molecule has 2 fully saturated rings. The molecule has 4 rings (SSSR count). The van der Waals surface area contributed by atoms with Crippen molar-refractivity contribution in [1.82, 2.24) is 30.7 Å². The summed E-state index contributed by atoms with van der Waals surface area (Å²) in [5.41, 5.74) is 3.27. The van der Waals surface area contributed by atoms with Crippen LogP contribution in [0.15, 0.2) is 29.0 Å². The molecular weight excluding hydrogens is 426 g/mol. The number of aromatic nitrogens is 1. The van der Waals surface area contributed by atoms with Crippen LogP contribution in [0.2, 0.25) is 0 Å². The predicted molar refractivity (Wildman–Crippen MR) is 138 cm³/mol. The highest BCUT2D eigenvalue weighted by atomic mass is 16.3. The Morgan fingerprint density at radius 3 is 2.65 bits per heavy atom. The molecular formula is C26H43N7O. The molecule has 4 N–H and O–H groups in total. The van der Waals surface area contributed by atoms with Gasteiger partial charge < -0.3 is 26.0 Å². The van der Waals surface area contributed by atoms with E-state index >= 15 is 0 Å². The first-order chi connectivity index (χ1) is 16.5. The summed E-state index contributed by atoms with van der Waals surface area (Å²) in [7, 11) is 2.19. The standard InChI is InChI=1S/C26H43N7O/c1-4-5-13-27-26-28-19(2)24(25(31-26)30-20-9-11-22(34)12-10-20)23-8-6-7-21(29-23)18-33-16-14-32(3)15-17-33/h6-8,19-20,22,30,34H,4-5,9-18H2,1-3H3,(H2,27,28,31). The van der Waals surface area contributed by atoms with Gasteiger partial charge in [0.25, 0.3) is 0 Å². The molecule has 8 nitrogen and oxygen atoms in total. The molecule has 0 radical (unpaired) electrons. The van der Waals surface area contributed by atoms with Gasteiger partial charge in [-0.15, -0.1) is 0 Å². The van der Waals surface area contributed by atoms with E-state index in [1.807, 2.05) is 0 Å². The van der Waals surface area contributed by atoms with Crippen LogP contribution in [-0.4, -0.2) is 83.8 Å². The van der Waals surface area contributed by atoms with Crippen LogP contribution in [0.1, 0.15) is 63.8 Å². The highest BCUT2D eigenvalue weighted by Gasteiger charge is 2.28. The van der Waals surface area contributed by atoms with Gasteiger partial charge in [-0.2, -0.15) is 0 Å². The smallest absolute Gasteiger partial charge is 0.197 e. The number of aliphatic imine (C=N–C) groups is 1. The maximum atomic E-state index is 9.95. The second-order valence-corrected chi connectivity index (χ2v) is 10.1. The number of nitrogens with one attached hydrogen (secondary N) is 3. The summed E-state index contributed by atoms with van der Waals surface area (Å²) < 4.78 is 0. The number of guanidine groups is 1. The van der Waals surface area contributed by atoms with Crippen molar-refractivity contribution in [3.8, 4) is 0 Å². The van der Waals surface area contributed by atoms with Gasteiger partial charge in [0.05, 0.1) is 23.5 Å². The summed E-state index contributed by atoms with van der Waals surface area (Å²) >= 11 is 0. The van der Waals surface area contributed by atoms with Gasteiger partial charge in [-0.3, -0.25) is 14.9 Å². The van der Waals surface area contributed by atoms with Crippen LogP contribution in [0.4, 0.5) is 0 Å². The van der Waals surface area contributed by atoms with Crippen molar-refractivity contribution >= 4 is 11.5 Å². The van der Waals surface area contributed by atoms with E-state index in [2.05, 4.69) is 64.8 Å². The molecule has 1 saturated heterocycles. The van der Waals surface area contributed by atoms with E-state index in [0.717, 1.165) is 107 Å². The lowest BCUT2D eigenvalue weighted by Crippen LogP contribution is -2.52. The highest BCUT2D eigenvalue weighted by Crippen LogP contribution is 2.25. The van der Waals surface area contributed by atoms with Gasteiger partial charge in [0.15, 0.2) is 5.96 Å². The van der Waals surface area contributed by atoms with E-state index in [4.69, 9.17) is 9.98 Å². The number of rotatable bonds is 8. The Kier molecular flexibility index (Phi) is 8.80. The quantitative estimate of drug-likeness (QED) is 0.434. The Bertz CT molecular complexity index is 854. The molecule has 1 aliphatic carbocycles. The third-order valence-corrected chi connectivity index (χ3v) is 7.19. The minimum atomic E-state index is -0.162. The van der Waals surface area contributed by atoms with Gasteiger partial charge in [-0.05, 0) is 58.2 Å². The normalized spacial score (nSPS) is 28.0. The van der Waals surface area contributed by atoms with Crippen molar-refractivity contribution in [2.45, 2.75) is 77.1 Å². The Balaban J connectivity index is 1.56. The van der Waals surface area contributed by atoms with Gasteiger partial charge in [0, 0.05) is 50.9 Å². The second kappa shape index (κ2) is 12.0. The minimum Gasteiger partial charge on any atom is -0.393 e. The van der Waals surface area contributed by atoms with Crippen molar-refractivity contribution in [3.63, 3.8) is 0 Å². The Labute approximate surface area is 204 Å². The predicted octanol–water partition coefficient (Wildman–Crippen LogP) is 2.13. The third-order valence-electron chi connectivity index (χ3n) is 7.19. The average molecular weight is 470 g/mol. The first-order valence-corrected chi connectivity index (χ1v) is 13.2. The third kappa shape index (κ3) is 6.71. The monoisotopic (exact) mass is 469 g/mol. The summed E-state index contributed by atoms with van der Waals surface area (Å²) in [6.07, 6.45) is 5.70. The molecule has 34 heavy (non-hydrogen) atoms. The molecule has 3 heterocycles. The molecule has 0 spiro atoms. The molecule has 188 valence electrons. The summed E-state index contributed by atoms with van der Waals surface area (Å²) in [6.45, 7) is 10.5. The van der Waals surface area contributed by atoms with Crippen LogP contribution in [0.3, 0.4) is 0 Å². The van der Waals surface area contributed by atoms with Crippen molar-refractivity contribution < 1.29 is 5.11 Å². The number of aliphatic hydroxyl groups is 1. The zero-order valence-corrected chi connectivity index (χ0v) is 21.2. The average Bonchev–Trinajstić information content (AvgIpc) is 2.82. The van der Waals surface area contributed by atoms with Crippen LogP contribution in [0.25, 0.3) is 5.57 Å². The maximum absolute atomic E-state index is 9.95. The van der Waals surface area contributed by atoms with Crippen LogP contribution in [-0.2, 0) is 6.54 Å². The van der Waals surface area contributed by atoms with Gasteiger partial charge in [-0.25, -0.2) is 0 Å². The molecule has 0 aromatic carbocycles. The SMILES string of the molecule is CCCCN=C1NC(NC2CCC(O)CC2)=C(c2cccc(CN3CCN(C)CC3)n2)C(C)N1. The van der Waals surface area contributed by atoms with E-state index in [-0.39, 0.29) is 12.1 Å². The van der Waals surface area contributed by atoms with Gasteiger partial charge in [-0.1, -0.05) is 19.4 Å². The summed E-state index contributed by atoms with van der Waals surface area (Å²) in [4.78, 5) is 14.7. The molecule has 1 saturated carbocycles. The molecule has 3 aliphatic rings. The maximum Gasteiger partial charge on any atom is 0.197 e. The number of aliphatic hydroxyl groups excluding tert-OH is 1. The zero-order valence-electron chi connectivity index (χ0n) is 21.2. The number of hydrogen-bond donors (Lipinski definition) is 4. The van der Waals surface area contributed by atoms with Crippen LogP contribution in [0.5, 0.6) is 0 Å². The largest absolute Gasteiger partial charge is 0.393 e. The van der Waals surface area contributed by atoms with Crippen molar-refractivity contribution in [2.24, 2.45) is 4.99 Å². The fourth-order valence-electron chi connectivity index (χ4n) is 4.99. The van der Waals surface area contributed by atoms with Crippen LogP contribution >= 0.6 is 0 Å². The molecule has 0 amide bonds. The molecule has 0 bridgehead atoms. The number of pyridine rings is 1. The van der Waals surface area contributed by atoms with E-state index in [0.29, 0.717) is 6.04 Å². The van der Waals surface area contributed by atoms with Gasteiger partial charge in [0.1, 0.15) is 5.82 Å². The van der Waals surface area contributed by atoms with Crippen LogP contribution < -0.4 is 16.0 Å². The highest BCUT2D eigenvalue weighted by molar-refractivity contribution is 5.89. The van der Waals surface area contributed by atoms with Crippen molar-refractivity contribution in [3.05, 3.63) is 35.4 Å². The first kappa shape index (κ1) is 24.9. The molecule has 1 aromatic heterocycles. The second-order valence-electron chi connectivity index (χ2n) is 10.1. The molecule has 1 unspecified atom stereocenters. The fourth-order valence-corrected chi connectivity index (χ4v) is 4.99. The first-order valence-electron chi connectivity index (χ1n) is 13.2. The number of nitrogens with zero attached hydrogens (tertiary/aromatic N) is 4. The number of hydrogen-bond acceptors (Lipinski definition) is 6. The minimum absolute atomic E-state index is 0.0877. The number of piperazine rings is 1. The molecule has 2 aliphatic heterocycles. The van der Waals surface area contributed by atoms with E-state index < -0.39 is 0 Å². The van der Waals surface area contributed by atoms with E-state index in [1.54, 1.807) is 0 Å². The summed E-state index contributed by atoms with van der Waals surface area (Å²) in [6, 6.07) is 6.83. The van der Waals surface area contributed by atoms with Gasteiger partial charge >= 0.3 is 0 Å². The number of likely N-dealkylation sites (N-methyl/N-ethyl adjacent to an activating group) is 1. The van der Waals surface area contributed by atoms with Crippen molar-refractivity contribution in [2.75, 3.05) is 39.8 Å². The van der Waals surface area contributed by atoms with Crippen molar-refractivity contribution in [1.29, 1.82) is 0 Å². The Morgan fingerprint density at radius 1 is 1.15 bits per heavy atom. The lowest BCUT2D eigenvalue weighted by atomic mass is 9.92. The van der Waals surface area contributed by atoms with Gasteiger partial charge in [0.2, 0.25) is 0 Å². The molecule has 8 heteroatoms. The van der Waals surface area contributed by atoms with E-state index in [9.17, 15) is 5.11 Å². The molecule has 1 aromatic rings. The fraction of sp³-hybridized carbons (Fsp3) is 0.692. The Hall–Kier alpha value is -2.16. The Morgan fingerprint density at radius 2 is 1.91 bits per heavy atom. The zero-order chi connectivity index (χ0) is 23.9. The lowest BCUT2D eigenvalue weighted by molar-refractivity contribution is 0.118. The summed E-state index contributed by atoms with van der Waals surface area (Å²) in [5, 5.41) is 20.8. The van der Waals surface area contributed by atoms with Crippen LogP contribution in [0, 0.1) is 0 Å². The molecule has 1 atom stereocenters. The lowest BCUT2D eigenvalue weighted by Gasteiger charge is -2.35. The summed E-state index contributed by atoms with van der Waals surface area (Å²) in [5.74, 6) is 1.84. The number of unbranched alkanes of at least 4 members (excludes halogenated alkanes) is 1. The topological polar surface area (TPSA) is 88.1 Å².